The Balaban J connectivity index is 1.58. The van der Waals surface area contributed by atoms with Gasteiger partial charge in [0.1, 0.15) is 26.2 Å². The largest absolute Gasteiger partial charge is 0.416 e. The lowest BCUT2D eigenvalue weighted by atomic mass is 10.1. The van der Waals surface area contributed by atoms with Crippen molar-refractivity contribution in [2.24, 2.45) is 0 Å². The highest BCUT2D eigenvalue weighted by Gasteiger charge is 2.30. The first-order valence-corrected chi connectivity index (χ1v) is 10.3. The number of nitrogens with one attached hydrogen (secondary N) is 4. The van der Waals surface area contributed by atoms with Gasteiger partial charge in [0, 0.05) is 16.9 Å². The lowest BCUT2D eigenvalue weighted by Crippen LogP contribution is -3.28. The van der Waals surface area contributed by atoms with Gasteiger partial charge in [0.15, 0.2) is 6.54 Å². The third-order valence-electron chi connectivity index (χ3n) is 5.43. The van der Waals surface area contributed by atoms with E-state index in [0.29, 0.717) is 12.2 Å². The number of rotatable bonds is 6. The first kappa shape index (κ1) is 22.8. The number of quaternary nitrogens is 2. The lowest BCUT2D eigenvalue weighted by molar-refractivity contribution is -1.01. The molecule has 166 valence electrons. The number of amides is 2. The fraction of sp³-hybridized carbons (Fsp3) is 0.364. The maximum Gasteiger partial charge on any atom is 0.416 e. The zero-order valence-electron chi connectivity index (χ0n) is 17.3. The minimum Gasteiger partial charge on any atom is -0.326 e. The Bertz CT molecular complexity index is 925. The zero-order valence-corrected chi connectivity index (χ0v) is 17.3. The van der Waals surface area contributed by atoms with Crippen molar-refractivity contribution >= 4 is 23.2 Å². The number of likely N-dealkylation sites (N-methyl/N-ethyl adjacent to an activating group) is 1. The first-order chi connectivity index (χ1) is 14.7. The Labute approximate surface area is 179 Å². The van der Waals surface area contributed by atoms with Crippen LogP contribution in [0.3, 0.4) is 0 Å². The van der Waals surface area contributed by atoms with Crippen molar-refractivity contribution in [2.75, 3.05) is 49.9 Å². The van der Waals surface area contributed by atoms with Crippen LogP contribution in [-0.2, 0) is 11.0 Å². The van der Waals surface area contributed by atoms with Crippen molar-refractivity contribution in [1.29, 1.82) is 0 Å². The van der Waals surface area contributed by atoms with Crippen molar-refractivity contribution in [2.45, 2.75) is 13.1 Å². The summed E-state index contributed by atoms with van der Waals surface area (Å²) in [6, 6.07) is 10.8. The number of piperazine rings is 1. The zero-order chi connectivity index (χ0) is 22.4. The molecule has 0 saturated carbocycles. The molecule has 9 heteroatoms. The van der Waals surface area contributed by atoms with Crippen LogP contribution >= 0.6 is 0 Å². The summed E-state index contributed by atoms with van der Waals surface area (Å²) in [5, 5.41) is 5.28. The quantitative estimate of drug-likeness (QED) is 0.539. The first-order valence-electron chi connectivity index (χ1n) is 10.3. The summed E-state index contributed by atoms with van der Waals surface area (Å²) in [6.45, 7) is 7.58. The van der Waals surface area contributed by atoms with Gasteiger partial charge in [-0.1, -0.05) is 12.1 Å². The normalized spacial score (nSPS) is 19.0. The standard InChI is InChI=1S/C22H25F3N4O2/c1-2-28-9-11-29(12-10-28)15-20(30)26-18-7-3-5-16(13-18)21(31)27-19-8-4-6-17(14-19)22(23,24)25/h3-8,13-14H,2,9-12,15H2,1H3,(H,26,30)(H,27,31)/p+2. The molecule has 1 heterocycles. The van der Waals surface area contributed by atoms with Crippen LogP contribution in [0, 0.1) is 0 Å². The molecule has 6 nitrogen and oxygen atoms in total. The summed E-state index contributed by atoms with van der Waals surface area (Å²) in [5.41, 5.74) is -0.0805. The predicted octanol–water partition coefficient (Wildman–Crippen LogP) is 0.700. The third-order valence-corrected chi connectivity index (χ3v) is 5.43. The number of anilines is 2. The molecule has 1 aliphatic heterocycles. The summed E-state index contributed by atoms with van der Waals surface area (Å²) in [6.07, 6.45) is -4.49. The molecule has 0 radical (unpaired) electrons. The molecule has 2 aromatic rings. The van der Waals surface area contributed by atoms with Crippen LogP contribution in [0.2, 0.25) is 0 Å². The van der Waals surface area contributed by atoms with E-state index in [4.69, 9.17) is 0 Å². The number of carbonyl (C=O) groups excluding carboxylic acids is 2. The molecule has 3 rings (SSSR count). The van der Waals surface area contributed by atoms with Gasteiger partial charge in [-0.2, -0.15) is 13.2 Å². The SMILES string of the molecule is CC[NH+]1CC[NH+](CC(=O)Nc2cccc(C(=O)Nc3cccc(C(F)(F)F)c3)c2)CC1. The molecule has 1 aliphatic rings. The van der Waals surface area contributed by atoms with Crippen molar-refractivity contribution in [3.8, 4) is 0 Å². The second-order valence-electron chi connectivity index (χ2n) is 7.69. The number of halogens is 3. The van der Waals surface area contributed by atoms with E-state index < -0.39 is 17.6 Å². The van der Waals surface area contributed by atoms with Gasteiger partial charge in [0.25, 0.3) is 11.8 Å². The molecule has 31 heavy (non-hydrogen) atoms. The van der Waals surface area contributed by atoms with E-state index in [-0.39, 0.29) is 17.2 Å². The van der Waals surface area contributed by atoms with Crippen LogP contribution in [0.4, 0.5) is 24.5 Å². The predicted molar refractivity (Wildman–Crippen MR) is 111 cm³/mol. The number of benzene rings is 2. The third kappa shape index (κ3) is 6.53. The molecule has 2 aromatic carbocycles. The van der Waals surface area contributed by atoms with Gasteiger partial charge in [0.05, 0.1) is 12.1 Å². The molecular formula is C22H27F3N4O2+2. The summed E-state index contributed by atoms with van der Waals surface area (Å²) in [4.78, 5) is 27.6. The van der Waals surface area contributed by atoms with Gasteiger partial charge in [-0.05, 0) is 43.3 Å². The molecule has 0 aliphatic carbocycles. The Morgan fingerprint density at radius 3 is 2.16 bits per heavy atom. The molecule has 1 fully saturated rings. The molecular weight excluding hydrogens is 409 g/mol. The van der Waals surface area contributed by atoms with Gasteiger partial charge in [-0.25, -0.2) is 0 Å². The molecule has 0 atom stereocenters. The highest BCUT2D eigenvalue weighted by atomic mass is 19.4. The van der Waals surface area contributed by atoms with E-state index in [1.165, 1.54) is 29.2 Å². The average molecular weight is 436 g/mol. The van der Waals surface area contributed by atoms with Gasteiger partial charge in [-0.15, -0.1) is 0 Å². The van der Waals surface area contributed by atoms with E-state index in [0.717, 1.165) is 44.9 Å². The van der Waals surface area contributed by atoms with Crippen molar-refractivity contribution in [3.05, 3.63) is 59.7 Å². The number of alkyl halides is 3. The Morgan fingerprint density at radius 1 is 0.903 bits per heavy atom. The van der Waals surface area contributed by atoms with Crippen molar-refractivity contribution in [3.63, 3.8) is 0 Å². The van der Waals surface area contributed by atoms with Crippen molar-refractivity contribution < 1.29 is 32.6 Å². The number of hydrogen-bond donors (Lipinski definition) is 4. The minimum absolute atomic E-state index is 0.0474. The van der Waals surface area contributed by atoms with Gasteiger partial charge < -0.3 is 20.4 Å². The van der Waals surface area contributed by atoms with Crippen LogP contribution in [0.25, 0.3) is 0 Å². The molecule has 0 spiro atoms. The topological polar surface area (TPSA) is 67.1 Å². The number of carbonyl (C=O) groups is 2. The summed E-state index contributed by atoms with van der Waals surface area (Å²) < 4.78 is 38.6. The average Bonchev–Trinajstić information content (AvgIpc) is 2.74. The van der Waals surface area contributed by atoms with Crippen LogP contribution in [-0.4, -0.2) is 51.1 Å². The van der Waals surface area contributed by atoms with Crippen LogP contribution in [0.1, 0.15) is 22.8 Å². The van der Waals surface area contributed by atoms with Gasteiger partial charge in [-0.3, -0.25) is 9.59 Å². The summed E-state index contributed by atoms with van der Waals surface area (Å²) >= 11 is 0. The van der Waals surface area contributed by atoms with Crippen LogP contribution < -0.4 is 20.4 Å². The van der Waals surface area contributed by atoms with E-state index >= 15 is 0 Å². The molecule has 4 N–H and O–H groups in total. The summed E-state index contributed by atoms with van der Waals surface area (Å²) in [5.74, 6) is -0.690. The van der Waals surface area contributed by atoms with E-state index in [1.54, 1.807) is 17.0 Å². The van der Waals surface area contributed by atoms with Gasteiger partial charge in [0.2, 0.25) is 0 Å². The Morgan fingerprint density at radius 2 is 1.52 bits per heavy atom. The van der Waals surface area contributed by atoms with Gasteiger partial charge >= 0.3 is 6.18 Å². The fourth-order valence-corrected chi connectivity index (χ4v) is 3.63. The fourth-order valence-electron chi connectivity index (χ4n) is 3.63. The highest BCUT2D eigenvalue weighted by molar-refractivity contribution is 6.05. The smallest absolute Gasteiger partial charge is 0.326 e. The van der Waals surface area contributed by atoms with Crippen LogP contribution in [0.5, 0.6) is 0 Å². The maximum atomic E-state index is 12.9. The molecule has 2 amide bonds. The molecule has 1 saturated heterocycles. The highest BCUT2D eigenvalue weighted by Crippen LogP contribution is 2.30. The second kappa shape index (κ2) is 9.93. The Hall–Kier alpha value is -2.91. The number of hydrogen-bond acceptors (Lipinski definition) is 2. The maximum absolute atomic E-state index is 12.9. The monoisotopic (exact) mass is 436 g/mol. The second-order valence-corrected chi connectivity index (χ2v) is 7.69. The molecule has 0 unspecified atom stereocenters. The van der Waals surface area contributed by atoms with Crippen LogP contribution in [0.15, 0.2) is 48.5 Å². The van der Waals surface area contributed by atoms with E-state index in [1.807, 2.05) is 0 Å². The van der Waals surface area contributed by atoms with E-state index in [2.05, 4.69) is 17.6 Å². The van der Waals surface area contributed by atoms with E-state index in [9.17, 15) is 22.8 Å². The lowest BCUT2D eigenvalue weighted by Gasteiger charge is -2.28. The minimum atomic E-state index is -4.49. The molecule has 0 aromatic heterocycles. The Kier molecular flexibility index (Phi) is 7.29. The summed E-state index contributed by atoms with van der Waals surface area (Å²) in [7, 11) is 0. The van der Waals surface area contributed by atoms with Crippen molar-refractivity contribution in [1.82, 2.24) is 0 Å². The molecule has 0 bridgehead atoms.